The first-order valence-corrected chi connectivity index (χ1v) is 6.81. The largest absolute Gasteiger partial charge is 0.393 e. The summed E-state index contributed by atoms with van der Waals surface area (Å²) in [6.45, 7) is 0. The van der Waals surface area contributed by atoms with E-state index in [2.05, 4.69) is 0 Å². The molecule has 1 spiro atoms. The molecule has 2 nitrogen and oxygen atoms in total. The number of hydrogen-bond acceptors (Lipinski definition) is 4. The summed E-state index contributed by atoms with van der Waals surface area (Å²) in [4.78, 5) is 0. The molecule has 13 heavy (non-hydrogen) atoms. The summed E-state index contributed by atoms with van der Waals surface area (Å²) in [5.74, 6) is 2.37. The van der Waals surface area contributed by atoms with Crippen molar-refractivity contribution in [1.29, 1.82) is 0 Å². The third-order valence-corrected chi connectivity index (χ3v) is 6.07. The first kappa shape index (κ1) is 10.1. The maximum absolute atomic E-state index is 9.61. The molecule has 0 aromatic carbocycles. The van der Waals surface area contributed by atoms with Crippen LogP contribution in [-0.4, -0.2) is 38.0 Å². The Bertz CT molecular complexity index is 168. The van der Waals surface area contributed by atoms with Crippen LogP contribution in [0.1, 0.15) is 25.7 Å². The van der Waals surface area contributed by atoms with Crippen LogP contribution >= 0.6 is 23.5 Å². The van der Waals surface area contributed by atoms with Crippen molar-refractivity contribution in [2.45, 2.75) is 42.0 Å². The van der Waals surface area contributed by atoms with Gasteiger partial charge < -0.3 is 10.2 Å². The molecule has 1 saturated carbocycles. The average molecular weight is 220 g/mol. The van der Waals surface area contributed by atoms with E-state index in [1.807, 2.05) is 23.5 Å². The summed E-state index contributed by atoms with van der Waals surface area (Å²) in [7, 11) is 0. The third-order valence-electron chi connectivity index (χ3n) is 2.66. The van der Waals surface area contributed by atoms with Gasteiger partial charge in [-0.15, -0.1) is 23.5 Å². The van der Waals surface area contributed by atoms with Crippen molar-refractivity contribution in [3.63, 3.8) is 0 Å². The minimum atomic E-state index is -0.290. The predicted octanol–water partition coefficient (Wildman–Crippen LogP) is 1.46. The first-order chi connectivity index (χ1) is 6.20. The van der Waals surface area contributed by atoms with E-state index in [1.54, 1.807) is 0 Å². The van der Waals surface area contributed by atoms with Crippen LogP contribution in [0.3, 0.4) is 0 Å². The topological polar surface area (TPSA) is 40.5 Å². The van der Waals surface area contributed by atoms with Crippen molar-refractivity contribution in [3.05, 3.63) is 0 Å². The minimum absolute atomic E-state index is 0.134. The summed E-state index contributed by atoms with van der Waals surface area (Å²) in [5.41, 5.74) is 0. The highest BCUT2D eigenvalue weighted by molar-refractivity contribution is 8.18. The van der Waals surface area contributed by atoms with Crippen molar-refractivity contribution in [2.75, 3.05) is 11.5 Å². The van der Waals surface area contributed by atoms with E-state index in [-0.39, 0.29) is 16.3 Å². The second-order valence-corrected chi connectivity index (χ2v) is 7.13. The lowest BCUT2D eigenvalue weighted by Gasteiger charge is -2.42. The highest BCUT2D eigenvalue weighted by atomic mass is 32.2. The lowest BCUT2D eigenvalue weighted by molar-refractivity contribution is 0.0387. The fraction of sp³-hybridized carbons (Fsp3) is 1.00. The smallest absolute Gasteiger partial charge is 0.0660 e. The second kappa shape index (κ2) is 4.01. The molecular weight excluding hydrogens is 204 g/mol. The zero-order chi connectivity index (χ0) is 9.31. The average Bonchev–Trinajstić information content (AvgIpc) is 2.02. The van der Waals surface area contributed by atoms with Crippen LogP contribution in [0.2, 0.25) is 0 Å². The van der Waals surface area contributed by atoms with E-state index in [0.717, 1.165) is 12.8 Å². The summed E-state index contributed by atoms with van der Waals surface area (Å²) in [5, 5.41) is 19.2. The maximum Gasteiger partial charge on any atom is 0.0660 e. The van der Waals surface area contributed by atoms with Gasteiger partial charge >= 0.3 is 0 Å². The number of hydrogen-bond donors (Lipinski definition) is 2. The molecule has 2 N–H and O–H groups in total. The fourth-order valence-corrected chi connectivity index (χ4v) is 5.71. The van der Waals surface area contributed by atoms with Gasteiger partial charge in [-0.3, -0.25) is 0 Å². The Kier molecular flexibility index (Phi) is 3.13. The SMILES string of the molecule is O[C@@H]1C[C@@H](O)CC2(C1)SCCCS2. The fourth-order valence-electron chi connectivity index (χ4n) is 2.13. The molecule has 4 heteroatoms. The normalized spacial score (nSPS) is 39.2. The Balaban J connectivity index is 2.02. The van der Waals surface area contributed by atoms with Crippen LogP contribution in [0.15, 0.2) is 0 Å². The highest BCUT2D eigenvalue weighted by Gasteiger charge is 2.41. The van der Waals surface area contributed by atoms with Gasteiger partial charge in [0.05, 0.1) is 16.3 Å². The molecule has 2 rings (SSSR count). The molecule has 0 aromatic rings. The predicted molar refractivity (Wildman–Crippen MR) is 58.1 cm³/mol. The highest BCUT2D eigenvalue weighted by Crippen LogP contribution is 2.51. The minimum Gasteiger partial charge on any atom is -0.393 e. The Morgan fingerprint density at radius 3 is 2.08 bits per heavy atom. The molecule has 0 aromatic heterocycles. The van der Waals surface area contributed by atoms with Gasteiger partial charge in [0.2, 0.25) is 0 Å². The Morgan fingerprint density at radius 2 is 1.54 bits per heavy atom. The molecular formula is C9H16O2S2. The second-order valence-electron chi connectivity index (χ2n) is 3.91. The van der Waals surface area contributed by atoms with Crippen LogP contribution in [-0.2, 0) is 0 Å². The van der Waals surface area contributed by atoms with Crippen LogP contribution in [0, 0.1) is 0 Å². The Hall–Kier alpha value is 0.620. The molecule has 1 heterocycles. The lowest BCUT2D eigenvalue weighted by Crippen LogP contribution is -2.40. The summed E-state index contributed by atoms with van der Waals surface area (Å²) >= 11 is 3.87. The molecule has 1 aliphatic heterocycles. The monoisotopic (exact) mass is 220 g/mol. The molecule has 0 unspecified atom stereocenters. The van der Waals surface area contributed by atoms with E-state index < -0.39 is 0 Å². The van der Waals surface area contributed by atoms with Gasteiger partial charge in [-0.25, -0.2) is 0 Å². The molecule has 0 bridgehead atoms. The van der Waals surface area contributed by atoms with E-state index >= 15 is 0 Å². The van der Waals surface area contributed by atoms with Crippen LogP contribution in [0.4, 0.5) is 0 Å². The standard InChI is InChI=1S/C9H16O2S2/c10-7-4-8(11)6-9(5-7)12-2-1-3-13-9/h7-8,10-11H,1-6H2/t7-,8-/m1/s1. The number of rotatable bonds is 0. The van der Waals surface area contributed by atoms with Gasteiger partial charge in [0.25, 0.3) is 0 Å². The molecule has 76 valence electrons. The molecule has 0 amide bonds. The van der Waals surface area contributed by atoms with Gasteiger partial charge in [0.15, 0.2) is 0 Å². The molecule has 2 fully saturated rings. The van der Waals surface area contributed by atoms with Crippen molar-refractivity contribution in [1.82, 2.24) is 0 Å². The summed E-state index contributed by atoms with van der Waals surface area (Å²) in [6, 6.07) is 0. The van der Waals surface area contributed by atoms with Crippen LogP contribution in [0.5, 0.6) is 0 Å². The van der Waals surface area contributed by atoms with Crippen molar-refractivity contribution in [3.8, 4) is 0 Å². The molecule has 1 aliphatic carbocycles. The Labute approximate surface area is 87.5 Å². The van der Waals surface area contributed by atoms with Crippen LogP contribution < -0.4 is 0 Å². The molecule has 0 radical (unpaired) electrons. The van der Waals surface area contributed by atoms with E-state index in [1.165, 1.54) is 17.9 Å². The Morgan fingerprint density at radius 1 is 1.00 bits per heavy atom. The van der Waals surface area contributed by atoms with Gasteiger partial charge in [0.1, 0.15) is 0 Å². The van der Waals surface area contributed by atoms with Crippen molar-refractivity contribution >= 4 is 23.5 Å². The van der Waals surface area contributed by atoms with E-state index in [0.29, 0.717) is 6.42 Å². The zero-order valence-electron chi connectivity index (χ0n) is 7.61. The molecule has 1 saturated heterocycles. The quantitative estimate of drug-likeness (QED) is 0.648. The maximum atomic E-state index is 9.61. The summed E-state index contributed by atoms with van der Waals surface area (Å²) < 4.78 is 0.134. The molecule has 2 atom stereocenters. The third kappa shape index (κ3) is 2.35. The van der Waals surface area contributed by atoms with Gasteiger partial charge in [-0.2, -0.15) is 0 Å². The summed E-state index contributed by atoms with van der Waals surface area (Å²) in [6.07, 6.45) is 2.98. The van der Waals surface area contributed by atoms with Crippen LogP contribution in [0.25, 0.3) is 0 Å². The van der Waals surface area contributed by atoms with Crippen molar-refractivity contribution < 1.29 is 10.2 Å². The molecule has 2 aliphatic rings. The zero-order valence-corrected chi connectivity index (χ0v) is 9.24. The number of thioether (sulfide) groups is 2. The number of aliphatic hydroxyl groups excluding tert-OH is 2. The lowest BCUT2D eigenvalue weighted by atomic mass is 9.94. The van der Waals surface area contributed by atoms with Crippen molar-refractivity contribution in [2.24, 2.45) is 0 Å². The van der Waals surface area contributed by atoms with Gasteiger partial charge in [-0.05, 0) is 37.2 Å². The van der Waals surface area contributed by atoms with Gasteiger partial charge in [-0.1, -0.05) is 0 Å². The van der Waals surface area contributed by atoms with E-state index in [9.17, 15) is 10.2 Å². The first-order valence-electron chi connectivity index (χ1n) is 4.84. The van der Waals surface area contributed by atoms with Gasteiger partial charge in [0, 0.05) is 0 Å². The number of aliphatic hydroxyl groups is 2. The van der Waals surface area contributed by atoms with E-state index in [4.69, 9.17) is 0 Å².